The van der Waals surface area contributed by atoms with E-state index < -0.39 is 15.6 Å². The van der Waals surface area contributed by atoms with E-state index in [9.17, 15) is 13.2 Å². The van der Waals surface area contributed by atoms with Crippen molar-refractivity contribution in [1.82, 2.24) is 9.21 Å². The van der Waals surface area contributed by atoms with E-state index in [-0.39, 0.29) is 23.2 Å². The van der Waals surface area contributed by atoms with Gasteiger partial charge in [0.1, 0.15) is 5.60 Å². The van der Waals surface area contributed by atoms with Crippen molar-refractivity contribution in [2.75, 3.05) is 31.9 Å². The smallest absolute Gasteiger partial charge is 0.410 e. The molecule has 0 aliphatic carbocycles. The molecule has 0 unspecified atom stereocenters. The molecule has 2 aliphatic heterocycles. The summed E-state index contributed by atoms with van der Waals surface area (Å²) in [7, 11) is -3.19. The van der Waals surface area contributed by atoms with Crippen LogP contribution in [0.3, 0.4) is 0 Å². The van der Waals surface area contributed by atoms with Crippen LogP contribution in [0.4, 0.5) is 4.79 Å². The molecule has 2 rings (SSSR count). The van der Waals surface area contributed by atoms with Gasteiger partial charge in [-0.15, -0.1) is 0 Å². The number of carbonyl (C=O) groups excluding carboxylic acids is 1. The minimum atomic E-state index is -3.19. The number of ether oxygens (including phenoxy) is 1. The molecule has 0 aromatic heterocycles. The summed E-state index contributed by atoms with van der Waals surface area (Å²) >= 11 is 0. The van der Waals surface area contributed by atoms with Gasteiger partial charge in [-0.1, -0.05) is 13.8 Å². The van der Waals surface area contributed by atoms with Gasteiger partial charge in [0.25, 0.3) is 0 Å². The Morgan fingerprint density at radius 2 is 1.78 bits per heavy atom. The third kappa shape index (κ3) is 4.59. The first-order valence-electron chi connectivity index (χ1n) is 8.38. The molecule has 2 heterocycles. The summed E-state index contributed by atoms with van der Waals surface area (Å²) in [6.07, 6.45) is 1.38. The summed E-state index contributed by atoms with van der Waals surface area (Å²) in [6, 6.07) is 0. The SMILES string of the molecule is CC(C)CS(=O)(=O)N1CC[C@]2(CCN(C(=O)OC(C)(C)C)C2)C1. The normalized spacial score (nSPS) is 26.4. The second-order valence-corrected chi connectivity index (χ2v) is 10.4. The number of hydrogen-bond donors (Lipinski definition) is 0. The molecule has 2 saturated heterocycles. The predicted octanol–water partition coefficient (Wildman–Crippen LogP) is 2.31. The Morgan fingerprint density at radius 1 is 1.17 bits per heavy atom. The van der Waals surface area contributed by atoms with Gasteiger partial charge in [-0.25, -0.2) is 17.5 Å². The molecule has 0 saturated carbocycles. The number of carbonyl (C=O) groups is 1. The minimum absolute atomic E-state index is 0.0963. The van der Waals surface area contributed by atoms with Crippen LogP contribution in [0, 0.1) is 11.3 Å². The Morgan fingerprint density at radius 3 is 2.35 bits per heavy atom. The average molecular weight is 346 g/mol. The molecule has 1 amide bonds. The molecule has 23 heavy (non-hydrogen) atoms. The summed E-state index contributed by atoms with van der Waals surface area (Å²) in [5.74, 6) is 0.317. The molecule has 7 heteroatoms. The van der Waals surface area contributed by atoms with Crippen LogP contribution in [0.5, 0.6) is 0 Å². The highest BCUT2D eigenvalue weighted by atomic mass is 32.2. The first-order valence-corrected chi connectivity index (χ1v) is 9.99. The van der Waals surface area contributed by atoms with Gasteiger partial charge >= 0.3 is 6.09 Å². The van der Waals surface area contributed by atoms with Gasteiger partial charge in [0.2, 0.25) is 10.0 Å². The van der Waals surface area contributed by atoms with Crippen LogP contribution in [0.1, 0.15) is 47.5 Å². The van der Waals surface area contributed by atoms with Crippen molar-refractivity contribution in [3.8, 4) is 0 Å². The predicted molar refractivity (Wildman–Crippen MR) is 89.7 cm³/mol. The van der Waals surface area contributed by atoms with Crippen LogP contribution in [-0.2, 0) is 14.8 Å². The second-order valence-electron chi connectivity index (χ2n) is 8.41. The van der Waals surface area contributed by atoms with E-state index in [0.29, 0.717) is 26.2 Å². The Bertz CT molecular complexity index is 553. The Kier molecular flexibility index (Phi) is 5.02. The highest BCUT2D eigenvalue weighted by molar-refractivity contribution is 7.89. The summed E-state index contributed by atoms with van der Waals surface area (Å²) in [4.78, 5) is 13.9. The molecule has 6 nitrogen and oxygen atoms in total. The molecule has 134 valence electrons. The number of hydrogen-bond acceptors (Lipinski definition) is 4. The quantitative estimate of drug-likeness (QED) is 0.786. The summed E-state index contributed by atoms with van der Waals surface area (Å²) in [6.45, 7) is 11.7. The molecule has 2 fully saturated rings. The molecule has 0 aromatic rings. The zero-order valence-corrected chi connectivity index (χ0v) is 15.8. The maximum atomic E-state index is 12.4. The van der Waals surface area contributed by atoms with E-state index in [0.717, 1.165) is 12.8 Å². The van der Waals surface area contributed by atoms with Gasteiger partial charge in [-0.05, 0) is 39.5 Å². The highest BCUT2D eigenvalue weighted by Gasteiger charge is 2.48. The third-order valence-electron chi connectivity index (χ3n) is 4.43. The van der Waals surface area contributed by atoms with Crippen LogP contribution in [0.2, 0.25) is 0 Å². The number of rotatable bonds is 3. The summed E-state index contributed by atoms with van der Waals surface area (Å²) in [5.41, 5.74) is -0.601. The topological polar surface area (TPSA) is 66.9 Å². The lowest BCUT2D eigenvalue weighted by Gasteiger charge is -2.27. The Balaban J connectivity index is 1.98. The number of amides is 1. The van der Waals surface area contributed by atoms with E-state index >= 15 is 0 Å². The maximum absolute atomic E-state index is 12.4. The van der Waals surface area contributed by atoms with Crippen molar-refractivity contribution in [1.29, 1.82) is 0 Å². The highest BCUT2D eigenvalue weighted by Crippen LogP contribution is 2.41. The maximum Gasteiger partial charge on any atom is 0.410 e. The van der Waals surface area contributed by atoms with Crippen molar-refractivity contribution >= 4 is 16.1 Å². The fourth-order valence-electron chi connectivity index (χ4n) is 3.41. The van der Waals surface area contributed by atoms with Gasteiger partial charge in [-0.2, -0.15) is 0 Å². The van der Waals surface area contributed by atoms with Crippen LogP contribution in [0.15, 0.2) is 0 Å². The van der Waals surface area contributed by atoms with Crippen LogP contribution in [0.25, 0.3) is 0 Å². The van der Waals surface area contributed by atoms with E-state index in [1.54, 1.807) is 9.21 Å². The summed E-state index contributed by atoms with van der Waals surface area (Å²) in [5, 5.41) is 0. The Hall–Kier alpha value is -0.820. The average Bonchev–Trinajstić information content (AvgIpc) is 2.94. The lowest BCUT2D eigenvalue weighted by Crippen LogP contribution is -2.39. The van der Waals surface area contributed by atoms with Gasteiger partial charge in [0.15, 0.2) is 0 Å². The van der Waals surface area contributed by atoms with E-state index in [2.05, 4.69) is 0 Å². The van der Waals surface area contributed by atoms with E-state index in [1.807, 2.05) is 34.6 Å². The summed E-state index contributed by atoms with van der Waals surface area (Å²) < 4.78 is 31.9. The van der Waals surface area contributed by atoms with Gasteiger partial charge in [0, 0.05) is 31.6 Å². The van der Waals surface area contributed by atoms with Gasteiger partial charge < -0.3 is 9.64 Å². The zero-order chi connectivity index (χ0) is 17.5. The number of sulfonamides is 1. The second kappa shape index (κ2) is 6.24. The van der Waals surface area contributed by atoms with Crippen LogP contribution < -0.4 is 0 Å². The number of likely N-dealkylation sites (tertiary alicyclic amines) is 1. The molecule has 2 aliphatic rings. The molecular formula is C16H30N2O4S. The number of nitrogens with zero attached hydrogens (tertiary/aromatic N) is 2. The molecule has 1 spiro atoms. The van der Waals surface area contributed by atoms with Gasteiger partial charge in [-0.3, -0.25) is 0 Å². The van der Waals surface area contributed by atoms with Crippen molar-refractivity contribution < 1.29 is 17.9 Å². The standard InChI is InChI=1S/C16H30N2O4S/c1-13(2)10-23(20,21)18-9-7-16(12-18)6-8-17(11-16)14(19)22-15(3,4)5/h13H,6-12H2,1-5H3/t16-/m0/s1. The molecule has 1 atom stereocenters. The molecule has 0 radical (unpaired) electrons. The fourth-order valence-corrected chi connectivity index (χ4v) is 5.30. The first kappa shape index (κ1) is 18.5. The lowest BCUT2D eigenvalue weighted by atomic mass is 9.87. The van der Waals surface area contributed by atoms with Crippen molar-refractivity contribution in [2.24, 2.45) is 11.3 Å². The zero-order valence-electron chi connectivity index (χ0n) is 15.0. The van der Waals surface area contributed by atoms with E-state index in [4.69, 9.17) is 4.74 Å². The monoisotopic (exact) mass is 346 g/mol. The first-order chi connectivity index (χ1) is 10.4. The minimum Gasteiger partial charge on any atom is -0.444 e. The largest absolute Gasteiger partial charge is 0.444 e. The van der Waals surface area contributed by atoms with E-state index in [1.165, 1.54) is 0 Å². The van der Waals surface area contributed by atoms with Crippen molar-refractivity contribution in [3.63, 3.8) is 0 Å². The van der Waals surface area contributed by atoms with Crippen molar-refractivity contribution in [2.45, 2.75) is 53.1 Å². The lowest BCUT2D eigenvalue weighted by molar-refractivity contribution is 0.0275. The molecule has 0 N–H and O–H groups in total. The Labute approximate surface area is 140 Å². The third-order valence-corrected chi connectivity index (χ3v) is 6.62. The fraction of sp³-hybridized carbons (Fsp3) is 0.938. The van der Waals surface area contributed by atoms with Crippen LogP contribution >= 0.6 is 0 Å². The van der Waals surface area contributed by atoms with Gasteiger partial charge in [0.05, 0.1) is 5.75 Å². The molecule has 0 aromatic carbocycles. The molecular weight excluding hydrogens is 316 g/mol. The van der Waals surface area contributed by atoms with Crippen molar-refractivity contribution in [3.05, 3.63) is 0 Å². The molecule has 0 bridgehead atoms. The van der Waals surface area contributed by atoms with Crippen LogP contribution in [-0.4, -0.2) is 61.2 Å².